The standard InChI is InChI=1S/C14H19N3OS2/c1-9(6-12-4-5-19-8-12)16-14(18)15-7-13-10(2)17-11(3)20-13/h4-5,8-9H,6-7H2,1-3H3,(H2,15,16,18)/t9-/m1/s1. The van der Waals surface area contributed by atoms with E-state index in [4.69, 9.17) is 0 Å². The fourth-order valence-electron chi connectivity index (χ4n) is 1.99. The van der Waals surface area contributed by atoms with Crippen LogP contribution in [-0.2, 0) is 13.0 Å². The molecule has 0 radical (unpaired) electrons. The molecule has 0 aliphatic heterocycles. The zero-order valence-electron chi connectivity index (χ0n) is 11.9. The van der Waals surface area contributed by atoms with Crippen molar-refractivity contribution in [2.24, 2.45) is 0 Å². The van der Waals surface area contributed by atoms with Gasteiger partial charge in [-0.3, -0.25) is 0 Å². The van der Waals surface area contributed by atoms with Crippen molar-refractivity contribution < 1.29 is 4.79 Å². The highest BCUT2D eigenvalue weighted by Crippen LogP contribution is 2.16. The molecule has 0 aromatic carbocycles. The number of carbonyl (C=O) groups excluding carboxylic acids is 1. The van der Waals surface area contributed by atoms with Crippen molar-refractivity contribution in [1.29, 1.82) is 0 Å². The van der Waals surface area contributed by atoms with Crippen molar-refractivity contribution >= 4 is 28.7 Å². The van der Waals surface area contributed by atoms with Crippen LogP contribution in [0.3, 0.4) is 0 Å². The third kappa shape index (κ3) is 4.31. The molecule has 2 aromatic rings. The van der Waals surface area contributed by atoms with Crippen molar-refractivity contribution in [1.82, 2.24) is 15.6 Å². The lowest BCUT2D eigenvalue weighted by molar-refractivity contribution is 0.237. The molecule has 2 N–H and O–H groups in total. The van der Waals surface area contributed by atoms with Crippen LogP contribution in [0.4, 0.5) is 4.79 Å². The van der Waals surface area contributed by atoms with E-state index in [-0.39, 0.29) is 12.1 Å². The van der Waals surface area contributed by atoms with Crippen LogP contribution in [0.25, 0.3) is 0 Å². The summed E-state index contributed by atoms with van der Waals surface area (Å²) in [5.74, 6) is 0. The highest BCUT2D eigenvalue weighted by molar-refractivity contribution is 7.11. The van der Waals surface area contributed by atoms with Gasteiger partial charge in [0.25, 0.3) is 0 Å². The first kappa shape index (κ1) is 15.0. The third-order valence-corrected chi connectivity index (χ3v) is 4.71. The second-order valence-corrected chi connectivity index (χ2v) is 6.87. The van der Waals surface area contributed by atoms with Gasteiger partial charge in [-0.1, -0.05) is 0 Å². The van der Waals surface area contributed by atoms with Crippen LogP contribution in [0.2, 0.25) is 0 Å². The maximum Gasteiger partial charge on any atom is 0.315 e. The number of hydrogen-bond acceptors (Lipinski definition) is 4. The van der Waals surface area contributed by atoms with Gasteiger partial charge < -0.3 is 10.6 Å². The smallest absolute Gasteiger partial charge is 0.315 e. The van der Waals surface area contributed by atoms with Gasteiger partial charge in [0.1, 0.15) is 0 Å². The number of hydrogen-bond donors (Lipinski definition) is 2. The average molecular weight is 309 g/mol. The maximum atomic E-state index is 11.8. The van der Waals surface area contributed by atoms with E-state index in [0.29, 0.717) is 6.54 Å². The summed E-state index contributed by atoms with van der Waals surface area (Å²) in [5, 5.41) is 11.0. The van der Waals surface area contributed by atoms with E-state index in [1.54, 1.807) is 22.7 Å². The second kappa shape index (κ2) is 6.85. The van der Waals surface area contributed by atoms with Crippen molar-refractivity contribution in [3.63, 3.8) is 0 Å². The van der Waals surface area contributed by atoms with Crippen LogP contribution in [0.1, 0.15) is 28.1 Å². The Morgan fingerprint density at radius 1 is 1.45 bits per heavy atom. The summed E-state index contributed by atoms with van der Waals surface area (Å²) in [7, 11) is 0. The Morgan fingerprint density at radius 2 is 2.25 bits per heavy atom. The van der Waals surface area contributed by atoms with Crippen molar-refractivity contribution in [2.75, 3.05) is 0 Å². The fourth-order valence-corrected chi connectivity index (χ4v) is 3.54. The molecule has 6 heteroatoms. The highest BCUT2D eigenvalue weighted by Gasteiger charge is 2.10. The van der Waals surface area contributed by atoms with Crippen molar-refractivity contribution in [2.45, 2.75) is 39.8 Å². The number of amides is 2. The molecule has 0 spiro atoms. The van der Waals surface area contributed by atoms with Gasteiger partial charge >= 0.3 is 6.03 Å². The Morgan fingerprint density at radius 3 is 2.85 bits per heavy atom. The molecule has 0 fully saturated rings. The first-order valence-electron chi connectivity index (χ1n) is 6.53. The Balaban J connectivity index is 1.76. The summed E-state index contributed by atoms with van der Waals surface area (Å²) >= 11 is 3.30. The first-order valence-corrected chi connectivity index (χ1v) is 8.29. The molecule has 0 bridgehead atoms. The number of carbonyl (C=O) groups is 1. The number of nitrogens with one attached hydrogen (secondary N) is 2. The van der Waals surface area contributed by atoms with E-state index in [1.807, 2.05) is 20.8 Å². The van der Waals surface area contributed by atoms with E-state index in [0.717, 1.165) is 22.0 Å². The molecule has 2 heterocycles. The molecule has 108 valence electrons. The third-order valence-electron chi connectivity index (χ3n) is 2.91. The molecule has 20 heavy (non-hydrogen) atoms. The maximum absolute atomic E-state index is 11.8. The topological polar surface area (TPSA) is 54.0 Å². The molecule has 0 unspecified atom stereocenters. The average Bonchev–Trinajstić information content (AvgIpc) is 2.96. The van der Waals surface area contributed by atoms with Gasteiger partial charge in [-0.25, -0.2) is 9.78 Å². The summed E-state index contributed by atoms with van der Waals surface area (Å²) in [6.07, 6.45) is 0.857. The predicted molar refractivity (Wildman–Crippen MR) is 84.4 cm³/mol. The van der Waals surface area contributed by atoms with Gasteiger partial charge in [0.15, 0.2) is 0 Å². The lowest BCUT2D eigenvalue weighted by Gasteiger charge is -2.13. The van der Waals surface area contributed by atoms with Gasteiger partial charge in [0.05, 0.1) is 17.2 Å². The molecule has 0 saturated heterocycles. The fraction of sp³-hybridized carbons (Fsp3) is 0.429. The largest absolute Gasteiger partial charge is 0.335 e. The van der Waals surface area contributed by atoms with E-state index in [2.05, 4.69) is 32.4 Å². The second-order valence-electron chi connectivity index (χ2n) is 4.81. The van der Waals surface area contributed by atoms with Crippen LogP contribution in [-0.4, -0.2) is 17.1 Å². The highest BCUT2D eigenvalue weighted by atomic mass is 32.1. The first-order chi connectivity index (χ1) is 9.54. The number of aryl methyl sites for hydroxylation is 2. The number of thiophene rings is 1. The summed E-state index contributed by atoms with van der Waals surface area (Å²) in [4.78, 5) is 17.3. The predicted octanol–water partition coefficient (Wildman–Crippen LogP) is 3.25. The number of aromatic nitrogens is 1. The van der Waals surface area contributed by atoms with Gasteiger partial charge in [0, 0.05) is 10.9 Å². The lowest BCUT2D eigenvalue weighted by Crippen LogP contribution is -2.41. The van der Waals surface area contributed by atoms with Gasteiger partial charge in [0.2, 0.25) is 0 Å². The molecule has 4 nitrogen and oxygen atoms in total. The minimum Gasteiger partial charge on any atom is -0.335 e. The SMILES string of the molecule is Cc1nc(C)c(CNC(=O)N[C@H](C)Cc2ccsc2)s1. The lowest BCUT2D eigenvalue weighted by atomic mass is 10.1. The van der Waals surface area contributed by atoms with E-state index in [1.165, 1.54) is 5.56 Å². The quantitative estimate of drug-likeness (QED) is 0.891. The zero-order valence-corrected chi connectivity index (χ0v) is 13.5. The van der Waals surface area contributed by atoms with Gasteiger partial charge in [-0.15, -0.1) is 11.3 Å². The molecular formula is C14H19N3OS2. The molecule has 2 amide bonds. The van der Waals surface area contributed by atoms with Crippen molar-refractivity contribution in [3.8, 4) is 0 Å². The minimum atomic E-state index is -0.127. The Labute approximate surface area is 127 Å². The Kier molecular flexibility index (Phi) is 5.14. The summed E-state index contributed by atoms with van der Waals surface area (Å²) in [5.41, 5.74) is 2.26. The summed E-state index contributed by atoms with van der Waals surface area (Å²) < 4.78 is 0. The molecule has 0 aliphatic rings. The summed E-state index contributed by atoms with van der Waals surface area (Å²) in [6, 6.07) is 2.08. The van der Waals surface area contributed by atoms with E-state index in [9.17, 15) is 4.79 Å². The Hall–Kier alpha value is -1.40. The van der Waals surface area contributed by atoms with Crippen LogP contribution in [0.15, 0.2) is 16.8 Å². The van der Waals surface area contributed by atoms with Crippen molar-refractivity contribution in [3.05, 3.63) is 38.0 Å². The molecule has 1 atom stereocenters. The summed E-state index contributed by atoms with van der Waals surface area (Å²) in [6.45, 7) is 6.50. The number of thiazole rings is 1. The van der Waals surface area contributed by atoms with Crippen LogP contribution < -0.4 is 10.6 Å². The minimum absolute atomic E-state index is 0.119. The normalized spacial score (nSPS) is 12.2. The molecule has 2 aromatic heterocycles. The van der Waals surface area contributed by atoms with E-state index < -0.39 is 0 Å². The Bertz CT molecular complexity index is 563. The molecule has 0 saturated carbocycles. The molecular weight excluding hydrogens is 290 g/mol. The van der Waals surface area contributed by atoms with E-state index >= 15 is 0 Å². The number of nitrogens with zero attached hydrogens (tertiary/aromatic N) is 1. The van der Waals surface area contributed by atoms with Crippen LogP contribution in [0.5, 0.6) is 0 Å². The van der Waals surface area contributed by atoms with Crippen LogP contribution >= 0.6 is 22.7 Å². The molecule has 2 rings (SSSR count). The number of urea groups is 1. The molecule has 0 aliphatic carbocycles. The van der Waals surface area contributed by atoms with Gasteiger partial charge in [-0.2, -0.15) is 11.3 Å². The number of rotatable bonds is 5. The monoisotopic (exact) mass is 309 g/mol. The van der Waals surface area contributed by atoms with Gasteiger partial charge in [-0.05, 0) is 49.6 Å². The van der Waals surface area contributed by atoms with Crippen LogP contribution in [0, 0.1) is 13.8 Å². The zero-order chi connectivity index (χ0) is 14.5.